The van der Waals surface area contributed by atoms with E-state index in [1.54, 1.807) is 6.07 Å². The van der Waals surface area contributed by atoms with Crippen molar-refractivity contribution in [2.24, 2.45) is 0 Å². The predicted octanol–water partition coefficient (Wildman–Crippen LogP) is 6.49. The molecule has 0 aromatic heterocycles. The molecule has 0 N–H and O–H groups in total. The van der Waals surface area contributed by atoms with E-state index >= 15 is 0 Å². The first-order valence-electron chi connectivity index (χ1n) is 6.39. The lowest BCUT2D eigenvalue weighted by Gasteiger charge is -2.11. The summed E-state index contributed by atoms with van der Waals surface area (Å²) in [6.07, 6.45) is 0. The van der Waals surface area contributed by atoms with Crippen LogP contribution in [0.25, 0.3) is 10.8 Å². The summed E-state index contributed by atoms with van der Waals surface area (Å²) in [6.45, 7) is 0.507. The molecule has 21 heavy (non-hydrogen) atoms. The molecule has 106 valence electrons. The van der Waals surface area contributed by atoms with Crippen molar-refractivity contribution in [3.8, 4) is 5.75 Å². The lowest BCUT2D eigenvalue weighted by Crippen LogP contribution is -1.95. The fourth-order valence-electron chi connectivity index (χ4n) is 2.13. The standard InChI is InChI=1S/C17H11BrCl2O/c18-12-6-4-11(5-7-12)10-21-16-3-1-2-14-13(16)8-9-15(19)17(14)20/h1-9H,10H2. The van der Waals surface area contributed by atoms with E-state index in [1.165, 1.54) is 0 Å². The fourth-order valence-corrected chi connectivity index (χ4v) is 2.79. The molecule has 0 radical (unpaired) electrons. The highest BCUT2D eigenvalue weighted by Crippen LogP contribution is 2.35. The van der Waals surface area contributed by atoms with Crippen LogP contribution in [-0.4, -0.2) is 0 Å². The fraction of sp³-hybridized carbons (Fsp3) is 0.0588. The van der Waals surface area contributed by atoms with Gasteiger partial charge in [0.2, 0.25) is 0 Å². The van der Waals surface area contributed by atoms with Crippen molar-refractivity contribution in [3.05, 3.63) is 74.7 Å². The first-order valence-corrected chi connectivity index (χ1v) is 7.94. The van der Waals surface area contributed by atoms with Gasteiger partial charge in [0, 0.05) is 15.2 Å². The second-order valence-corrected chi connectivity index (χ2v) is 6.33. The van der Waals surface area contributed by atoms with E-state index < -0.39 is 0 Å². The molecule has 0 unspecified atom stereocenters. The van der Waals surface area contributed by atoms with Crippen molar-refractivity contribution in [2.75, 3.05) is 0 Å². The summed E-state index contributed by atoms with van der Waals surface area (Å²) < 4.78 is 6.98. The van der Waals surface area contributed by atoms with E-state index in [2.05, 4.69) is 15.9 Å². The van der Waals surface area contributed by atoms with Gasteiger partial charge in [0.25, 0.3) is 0 Å². The molecule has 3 aromatic rings. The molecule has 0 aliphatic carbocycles. The summed E-state index contributed by atoms with van der Waals surface area (Å²) in [7, 11) is 0. The van der Waals surface area contributed by atoms with Crippen molar-refractivity contribution in [3.63, 3.8) is 0 Å². The average molecular weight is 382 g/mol. The smallest absolute Gasteiger partial charge is 0.127 e. The molecule has 0 amide bonds. The van der Waals surface area contributed by atoms with E-state index in [1.807, 2.05) is 48.5 Å². The number of hydrogen-bond acceptors (Lipinski definition) is 1. The van der Waals surface area contributed by atoms with Gasteiger partial charge in [0.15, 0.2) is 0 Å². The zero-order chi connectivity index (χ0) is 14.8. The molecule has 0 spiro atoms. The normalized spacial score (nSPS) is 10.8. The van der Waals surface area contributed by atoms with Crippen molar-refractivity contribution in [1.29, 1.82) is 0 Å². The minimum Gasteiger partial charge on any atom is -0.488 e. The van der Waals surface area contributed by atoms with Crippen LogP contribution in [0.4, 0.5) is 0 Å². The van der Waals surface area contributed by atoms with Crippen LogP contribution >= 0.6 is 39.1 Å². The van der Waals surface area contributed by atoms with E-state index in [0.717, 1.165) is 26.6 Å². The minimum absolute atomic E-state index is 0.507. The summed E-state index contributed by atoms with van der Waals surface area (Å²) in [5.41, 5.74) is 1.11. The number of ether oxygens (including phenoxy) is 1. The molecule has 3 aromatic carbocycles. The molecule has 0 aliphatic heterocycles. The Kier molecular flexibility index (Phi) is 4.39. The first kappa shape index (κ1) is 14.7. The average Bonchev–Trinajstić information content (AvgIpc) is 2.50. The summed E-state index contributed by atoms with van der Waals surface area (Å²) in [6, 6.07) is 17.6. The van der Waals surface area contributed by atoms with Crippen LogP contribution < -0.4 is 4.74 Å². The second-order valence-electron chi connectivity index (χ2n) is 4.63. The molecule has 0 atom stereocenters. The van der Waals surface area contributed by atoms with Crippen molar-refractivity contribution >= 4 is 49.9 Å². The van der Waals surface area contributed by atoms with Crippen LogP contribution in [-0.2, 0) is 6.61 Å². The van der Waals surface area contributed by atoms with Crippen LogP contribution in [0.1, 0.15) is 5.56 Å². The monoisotopic (exact) mass is 380 g/mol. The topological polar surface area (TPSA) is 9.23 Å². The van der Waals surface area contributed by atoms with E-state index in [4.69, 9.17) is 27.9 Å². The van der Waals surface area contributed by atoms with E-state index in [0.29, 0.717) is 16.7 Å². The molecule has 0 fully saturated rings. The van der Waals surface area contributed by atoms with Crippen LogP contribution in [0.2, 0.25) is 10.0 Å². The Morgan fingerprint density at radius 2 is 1.62 bits per heavy atom. The van der Waals surface area contributed by atoms with E-state index in [9.17, 15) is 0 Å². The SMILES string of the molecule is Clc1ccc2c(OCc3ccc(Br)cc3)cccc2c1Cl. The van der Waals surface area contributed by atoms with Gasteiger partial charge in [-0.3, -0.25) is 0 Å². The van der Waals surface area contributed by atoms with Gasteiger partial charge in [0.05, 0.1) is 10.0 Å². The van der Waals surface area contributed by atoms with Crippen LogP contribution in [0.5, 0.6) is 5.75 Å². The van der Waals surface area contributed by atoms with Gasteiger partial charge in [0.1, 0.15) is 12.4 Å². The molecular weight excluding hydrogens is 371 g/mol. The summed E-state index contributed by atoms with van der Waals surface area (Å²) >= 11 is 15.7. The zero-order valence-corrected chi connectivity index (χ0v) is 14.0. The van der Waals surface area contributed by atoms with Gasteiger partial charge in [-0.25, -0.2) is 0 Å². The Balaban J connectivity index is 1.90. The number of benzene rings is 3. The maximum absolute atomic E-state index is 6.24. The molecule has 4 heteroatoms. The highest BCUT2D eigenvalue weighted by Gasteiger charge is 2.08. The summed E-state index contributed by atoms with van der Waals surface area (Å²) in [5, 5.41) is 2.97. The molecular formula is C17H11BrCl2O. The Labute approximate surface area is 141 Å². The number of hydrogen-bond donors (Lipinski definition) is 0. The molecule has 1 nitrogen and oxygen atoms in total. The quantitative estimate of drug-likeness (QED) is 0.503. The number of rotatable bonds is 3. The number of fused-ring (bicyclic) bond motifs is 1. The Morgan fingerprint density at radius 3 is 2.38 bits per heavy atom. The molecule has 0 saturated carbocycles. The van der Waals surface area contributed by atoms with Crippen molar-refractivity contribution in [2.45, 2.75) is 6.61 Å². The van der Waals surface area contributed by atoms with E-state index in [-0.39, 0.29) is 0 Å². The Morgan fingerprint density at radius 1 is 0.857 bits per heavy atom. The third kappa shape index (κ3) is 3.18. The highest BCUT2D eigenvalue weighted by molar-refractivity contribution is 9.10. The second kappa shape index (κ2) is 6.27. The summed E-state index contributed by atoms with van der Waals surface area (Å²) in [5.74, 6) is 0.800. The molecule has 0 saturated heterocycles. The summed E-state index contributed by atoms with van der Waals surface area (Å²) in [4.78, 5) is 0. The van der Waals surface area contributed by atoms with Crippen LogP contribution in [0, 0.1) is 0 Å². The lowest BCUT2D eigenvalue weighted by atomic mass is 10.1. The molecule has 0 bridgehead atoms. The Bertz CT molecular complexity index is 785. The van der Waals surface area contributed by atoms with Crippen LogP contribution in [0.3, 0.4) is 0 Å². The number of halogens is 3. The highest BCUT2D eigenvalue weighted by atomic mass is 79.9. The van der Waals surface area contributed by atoms with Gasteiger partial charge >= 0.3 is 0 Å². The molecule has 3 rings (SSSR count). The van der Waals surface area contributed by atoms with Crippen molar-refractivity contribution in [1.82, 2.24) is 0 Å². The predicted molar refractivity (Wildman–Crippen MR) is 92.4 cm³/mol. The maximum atomic E-state index is 6.24. The first-order chi connectivity index (χ1) is 10.1. The van der Waals surface area contributed by atoms with Crippen LogP contribution in [0.15, 0.2) is 59.1 Å². The lowest BCUT2D eigenvalue weighted by molar-refractivity contribution is 0.310. The van der Waals surface area contributed by atoms with Gasteiger partial charge in [-0.1, -0.05) is 63.4 Å². The molecule has 0 aliphatic rings. The van der Waals surface area contributed by atoms with Gasteiger partial charge in [-0.2, -0.15) is 0 Å². The van der Waals surface area contributed by atoms with Gasteiger partial charge < -0.3 is 4.74 Å². The third-order valence-corrected chi connectivity index (χ3v) is 4.56. The third-order valence-electron chi connectivity index (χ3n) is 3.22. The Hall–Kier alpha value is -1.22. The zero-order valence-electron chi connectivity index (χ0n) is 10.9. The minimum atomic E-state index is 0.507. The maximum Gasteiger partial charge on any atom is 0.127 e. The largest absolute Gasteiger partial charge is 0.488 e. The molecule has 0 heterocycles. The van der Waals surface area contributed by atoms with Gasteiger partial charge in [-0.15, -0.1) is 0 Å². The van der Waals surface area contributed by atoms with Crippen molar-refractivity contribution < 1.29 is 4.74 Å². The van der Waals surface area contributed by atoms with Gasteiger partial charge in [-0.05, 0) is 35.9 Å².